The van der Waals surface area contributed by atoms with Crippen LogP contribution in [0.25, 0.3) is 0 Å². The lowest BCUT2D eigenvalue weighted by molar-refractivity contribution is 0.00701. The molecule has 148 valence electrons. The Labute approximate surface area is 157 Å². The van der Waals surface area contributed by atoms with Crippen molar-refractivity contribution in [3.63, 3.8) is 0 Å². The zero-order valence-corrected chi connectivity index (χ0v) is 16.8. The summed E-state index contributed by atoms with van der Waals surface area (Å²) < 4.78 is 5.39. The van der Waals surface area contributed by atoms with Crippen molar-refractivity contribution in [3.8, 4) is 0 Å². The lowest BCUT2D eigenvalue weighted by atomic mass is 10.1. The highest BCUT2D eigenvalue weighted by atomic mass is 16.6. The number of amides is 1. The molecule has 3 rings (SSSR count). The second-order valence-electron chi connectivity index (χ2n) is 8.90. The van der Waals surface area contributed by atoms with Gasteiger partial charge in [-0.15, -0.1) is 0 Å². The van der Waals surface area contributed by atoms with Crippen LogP contribution < -0.4 is 10.6 Å². The first-order chi connectivity index (χ1) is 12.3. The molecule has 2 aliphatic carbocycles. The molecular weight excluding hydrogens is 330 g/mol. The molecule has 3 fully saturated rings. The fraction of sp³-hybridized carbons (Fsp3) is 0.895. The summed E-state index contributed by atoms with van der Waals surface area (Å²) in [5.41, 5.74) is -0.443. The molecular formula is C19H35N5O2. The molecule has 0 aromatic carbocycles. The Morgan fingerprint density at radius 2 is 1.92 bits per heavy atom. The van der Waals surface area contributed by atoms with Crippen LogP contribution in [0.5, 0.6) is 0 Å². The van der Waals surface area contributed by atoms with Gasteiger partial charge < -0.3 is 20.3 Å². The SMILES string of the molecule is CN=C(NCCN(CC1CC1)C1CC1)NC1CN(C(=O)OC(C)(C)C)C1. The predicted molar refractivity (Wildman–Crippen MR) is 103 cm³/mol. The van der Waals surface area contributed by atoms with E-state index in [9.17, 15) is 4.79 Å². The number of carbonyl (C=O) groups is 1. The molecule has 0 bridgehead atoms. The number of aliphatic imine (C=N–C) groups is 1. The molecule has 2 N–H and O–H groups in total. The van der Waals surface area contributed by atoms with E-state index in [4.69, 9.17) is 4.74 Å². The molecule has 1 heterocycles. The summed E-state index contributed by atoms with van der Waals surface area (Å²) in [5, 5.41) is 6.81. The van der Waals surface area contributed by atoms with Gasteiger partial charge >= 0.3 is 6.09 Å². The van der Waals surface area contributed by atoms with Crippen molar-refractivity contribution in [2.24, 2.45) is 10.9 Å². The molecule has 0 radical (unpaired) electrons. The molecule has 1 amide bonds. The number of hydrogen-bond donors (Lipinski definition) is 2. The van der Waals surface area contributed by atoms with Crippen molar-refractivity contribution in [2.75, 3.05) is 39.8 Å². The lowest BCUT2D eigenvalue weighted by Crippen LogP contribution is -2.63. The molecule has 26 heavy (non-hydrogen) atoms. The van der Waals surface area contributed by atoms with Crippen LogP contribution in [0.4, 0.5) is 4.79 Å². The van der Waals surface area contributed by atoms with E-state index in [1.165, 1.54) is 32.2 Å². The van der Waals surface area contributed by atoms with E-state index in [-0.39, 0.29) is 12.1 Å². The highest BCUT2D eigenvalue weighted by Crippen LogP contribution is 2.34. The largest absolute Gasteiger partial charge is 0.444 e. The van der Waals surface area contributed by atoms with Gasteiger partial charge in [0, 0.05) is 45.8 Å². The zero-order valence-electron chi connectivity index (χ0n) is 16.8. The number of nitrogens with zero attached hydrogens (tertiary/aromatic N) is 3. The van der Waals surface area contributed by atoms with Gasteiger partial charge in [0.25, 0.3) is 0 Å². The second kappa shape index (κ2) is 8.03. The topological polar surface area (TPSA) is 69.2 Å². The van der Waals surface area contributed by atoms with Gasteiger partial charge in [-0.3, -0.25) is 9.89 Å². The monoisotopic (exact) mass is 365 g/mol. The molecule has 0 aromatic heterocycles. The highest BCUT2D eigenvalue weighted by Gasteiger charge is 2.35. The van der Waals surface area contributed by atoms with E-state index < -0.39 is 5.60 Å². The van der Waals surface area contributed by atoms with Crippen molar-refractivity contribution in [2.45, 2.75) is 64.1 Å². The van der Waals surface area contributed by atoms with E-state index >= 15 is 0 Å². The van der Waals surface area contributed by atoms with Gasteiger partial charge in [-0.05, 0) is 52.4 Å². The summed E-state index contributed by atoms with van der Waals surface area (Å²) in [6.45, 7) is 10.2. The number of hydrogen-bond acceptors (Lipinski definition) is 4. The maximum Gasteiger partial charge on any atom is 0.410 e. The Hall–Kier alpha value is -1.50. The van der Waals surface area contributed by atoms with Crippen molar-refractivity contribution in [3.05, 3.63) is 0 Å². The summed E-state index contributed by atoms with van der Waals surface area (Å²) in [7, 11) is 1.79. The minimum absolute atomic E-state index is 0.236. The van der Waals surface area contributed by atoms with Gasteiger partial charge in [0.1, 0.15) is 5.60 Å². The number of ether oxygens (including phenoxy) is 1. The van der Waals surface area contributed by atoms with Crippen molar-refractivity contribution >= 4 is 12.1 Å². The van der Waals surface area contributed by atoms with Crippen LogP contribution in [-0.4, -0.2) is 79.3 Å². The van der Waals surface area contributed by atoms with Crippen molar-refractivity contribution < 1.29 is 9.53 Å². The third kappa shape index (κ3) is 6.04. The highest BCUT2D eigenvalue weighted by molar-refractivity contribution is 5.80. The Morgan fingerprint density at radius 1 is 1.23 bits per heavy atom. The van der Waals surface area contributed by atoms with Gasteiger partial charge in [-0.25, -0.2) is 4.79 Å². The minimum Gasteiger partial charge on any atom is -0.444 e. The van der Waals surface area contributed by atoms with Crippen LogP contribution in [-0.2, 0) is 4.74 Å². The van der Waals surface area contributed by atoms with Crippen LogP contribution in [0.2, 0.25) is 0 Å². The Bertz CT molecular complexity index is 517. The fourth-order valence-corrected chi connectivity index (χ4v) is 3.25. The van der Waals surface area contributed by atoms with Gasteiger partial charge in [0.2, 0.25) is 0 Å². The zero-order chi connectivity index (χ0) is 18.7. The lowest BCUT2D eigenvalue weighted by Gasteiger charge is -2.40. The Kier molecular flexibility index (Phi) is 5.95. The number of guanidine groups is 1. The molecule has 2 saturated carbocycles. The van der Waals surface area contributed by atoms with Crippen LogP contribution in [0.1, 0.15) is 46.5 Å². The first kappa shape index (κ1) is 19.3. The quantitative estimate of drug-likeness (QED) is 0.530. The first-order valence-corrected chi connectivity index (χ1v) is 10.0. The number of carbonyl (C=O) groups excluding carboxylic acids is 1. The van der Waals surface area contributed by atoms with E-state index in [1.54, 1.807) is 11.9 Å². The average Bonchev–Trinajstić information content (AvgIpc) is 3.38. The summed E-state index contributed by atoms with van der Waals surface area (Å²) in [6, 6.07) is 1.06. The maximum absolute atomic E-state index is 12.0. The van der Waals surface area contributed by atoms with Crippen molar-refractivity contribution in [1.29, 1.82) is 0 Å². The van der Waals surface area contributed by atoms with Gasteiger partial charge in [0.05, 0.1) is 6.04 Å². The summed E-state index contributed by atoms with van der Waals surface area (Å²) in [6.07, 6.45) is 5.31. The fourth-order valence-electron chi connectivity index (χ4n) is 3.25. The van der Waals surface area contributed by atoms with Crippen LogP contribution in [0.3, 0.4) is 0 Å². The summed E-state index contributed by atoms with van der Waals surface area (Å²) >= 11 is 0. The molecule has 0 aromatic rings. The molecule has 7 heteroatoms. The van der Waals surface area contributed by atoms with E-state index in [1.807, 2.05) is 20.8 Å². The standard InChI is InChI=1S/C19H35N5O2/c1-19(2,3)26-18(25)24-12-15(13-24)22-17(20-4)21-9-10-23(16-7-8-16)11-14-5-6-14/h14-16H,5-13H2,1-4H3,(H2,20,21,22). The first-order valence-electron chi connectivity index (χ1n) is 10.0. The second-order valence-corrected chi connectivity index (χ2v) is 8.90. The summed E-state index contributed by atoms with van der Waals surface area (Å²) in [5.74, 6) is 1.77. The third-order valence-corrected chi connectivity index (χ3v) is 5.04. The van der Waals surface area contributed by atoms with Gasteiger partial charge in [-0.1, -0.05) is 0 Å². The average molecular weight is 366 g/mol. The van der Waals surface area contributed by atoms with Gasteiger partial charge in [-0.2, -0.15) is 0 Å². The third-order valence-electron chi connectivity index (χ3n) is 5.04. The van der Waals surface area contributed by atoms with Crippen LogP contribution in [0, 0.1) is 5.92 Å². The van der Waals surface area contributed by atoms with Crippen LogP contribution in [0.15, 0.2) is 4.99 Å². The molecule has 1 saturated heterocycles. The van der Waals surface area contributed by atoms with Crippen molar-refractivity contribution in [1.82, 2.24) is 20.4 Å². The van der Waals surface area contributed by atoms with Gasteiger partial charge in [0.15, 0.2) is 5.96 Å². The maximum atomic E-state index is 12.0. The molecule has 3 aliphatic rings. The van der Waals surface area contributed by atoms with E-state index in [2.05, 4.69) is 20.5 Å². The molecule has 0 spiro atoms. The Balaban J connectivity index is 1.32. The smallest absolute Gasteiger partial charge is 0.410 e. The normalized spacial score (nSPS) is 21.6. The van der Waals surface area contributed by atoms with Crippen LogP contribution >= 0.6 is 0 Å². The number of nitrogens with one attached hydrogen (secondary N) is 2. The summed E-state index contributed by atoms with van der Waals surface area (Å²) in [4.78, 5) is 20.7. The minimum atomic E-state index is -0.443. The molecule has 0 atom stereocenters. The number of likely N-dealkylation sites (tertiary alicyclic amines) is 1. The number of rotatable bonds is 7. The molecule has 0 unspecified atom stereocenters. The predicted octanol–water partition coefficient (Wildman–Crippen LogP) is 1.65. The Morgan fingerprint density at radius 3 is 2.46 bits per heavy atom. The molecule has 7 nitrogen and oxygen atoms in total. The van der Waals surface area contributed by atoms with E-state index in [0.717, 1.165) is 31.0 Å². The molecule has 1 aliphatic heterocycles. The van der Waals surface area contributed by atoms with E-state index in [0.29, 0.717) is 13.1 Å².